The molecule has 0 spiro atoms. The first-order chi connectivity index (χ1) is 11.2. The molecule has 23 heavy (non-hydrogen) atoms. The molecule has 1 aromatic carbocycles. The Morgan fingerprint density at radius 1 is 1.26 bits per heavy atom. The highest BCUT2D eigenvalue weighted by molar-refractivity contribution is 5.95. The van der Waals surface area contributed by atoms with Crippen molar-refractivity contribution in [1.29, 1.82) is 0 Å². The number of carbonyl (C=O) groups is 2. The van der Waals surface area contributed by atoms with Crippen LogP contribution in [0.4, 0.5) is 0 Å². The first-order valence-electron chi connectivity index (χ1n) is 7.46. The van der Waals surface area contributed by atoms with Crippen LogP contribution in [0.15, 0.2) is 36.4 Å². The molecule has 0 bridgehead atoms. The van der Waals surface area contributed by atoms with Crippen molar-refractivity contribution in [3.8, 4) is 0 Å². The van der Waals surface area contributed by atoms with Gasteiger partial charge in [-0.25, -0.2) is 5.01 Å². The average molecular weight is 319 g/mol. The molecule has 1 atom stereocenters. The minimum Gasteiger partial charge on any atom is -0.394 e. The number of ether oxygens (including phenoxy) is 1. The fourth-order valence-electron chi connectivity index (χ4n) is 2.06. The lowest BCUT2D eigenvalue weighted by Gasteiger charge is -2.28. The van der Waals surface area contributed by atoms with Crippen LogP contribution in [-0.2, 0) is 14.3 Å². The fourth-order valence-corrected chi connectivity index (χ4v) is 2.06. The molecule has 1 heterocycles. The highest BCUT2D eigenvalue weighted by atomic mass is 16.5. The zero-order chi connectivity index (χ0) is 16.5. The maximum absolute atomic E-state index is 12.1. The van der Waals surface area contributed by atoms with Gasteiger partial charge in [-0.05, 0) is 11.6 Å². The van der Waals surface area contributed by atoms with Crippen LogP contribution in [0.3, 0.4) is 0 Å². The van der Waals surface area contributed by atoms with Crippen molar-refractivity contribution in [2.24, 2.45) is 0 Å². The van der Waals surface area contributed by atoms with E-state index >= 15 is 0 Å². The smallest absolute Gasteiger partial charge is 0.259 e. The Bertz CT molecular complexity index is 542. The summed E-state index contributed by atoms with van der Waals surface area (Å²) < 4.78 is 5.19. The van der Waals surface area contributed by atoms with Crippen LogP contribution in [0, 0.1) is 0 Å². The number of rotatable bonds is 6. The van der Waals surface area contributed by atoms with Gasteiger partial charge in [0.2, 0.25) is 5.91 Å². The Labute approximate surface area is 134 Å². The summed E-state index contributed by atoms with van der Waals surface area (Å²) in [6, 6.07) is 8.34. The molecule has 1 aliphatic rings. The van der Waals surface area contributed by atoms with Gasteiger partial charge in [-0.3, -0.25) is 15.0 Å². The lowest BCUT2D eigenvalue weighted by Crippen LogP contribution is -2.56. The topological polar surface area (TPSA) is 90.9 Å². The first-order valence-corrected chi connectivity index (χ1v) is 7.46. The summed E-state index contributed by atoms with van der Waals surface area (Å²) in [6.45, 7) is 1.76. The predicted octanol–water partition coefficient (Wildman–Crippen LogP) is -0.460. The van der Waals surface area contributed by atoms with Crippen LogP contribution in [0.5, 0.6) is 0 Å². The van der Waals surface area contributed by atoms with E-state index in [1.165, 1.54) is 6.08 Å². The van der Waals surface area contributed by atoms with Gasteiger partial charge < -0.3 is 15.2 Å². The number of amides is 2. The summed E-state index contributed by atoms with van der Waals surface area (Å²) in [5.74, 6) is -0.888. The number of carbonyl (C=O) groups excluding carboxylic acids is 2. The largest absolute Gasteiger partial charge is 0.394 e. The predicted molar refractivity (Wildman–Crippen MR) is 85.0 cm³/mol. The third-order valence-electron chi connectivity index (χ3n) is 3.32. The van der Waals surface area contributed by atoms with Gasteiger partial charge in [0.15, 0.2) is 0 Å². The van der Waals surface area contributed by atoms with E-state index in [9.17, 15) is 14.7 Å². The second-order valence-electron chi connectivity index (χ2n) is 5.06. The number of aliphatic hydroxyl groups is 1. The zero-order valence-electron chi connectivity index (χ0n) is 12.8. The molecule has 0 aromatic heterocycles. The number of benzene rings is 1. The lowest BCUT2D eigenvalue weighted by atomic mass is 10.2. The number of hydrazine groups is 1. The maximum atomic E-state index is 12.1. The summed E-state index contributed by atoms with van der Waals surface area (Å²) in [5.41, 5.74) is 3.54. The third-order valence-corrected chi connectivity index (χ3v) is 3.32. The van der Waals surface area contributed by atoms with E-state index in [4.69, 9.17) is 4.74 Å². The van der Waals surface area contributed by atoms with Crippen molar-refractivity contribution >= 4 is 17.9 Å². The Kier molecular flexibility index (Phi) is 6.74. The van der Waals surface area contributed by atoms with Gasteiger partial charge in [0.05, 0.1) is 19.8 Å². The molecular formula is C16H21N3O4. The van der Waals surface area contributed by atoms with Crippen LogP contribution in [0.2, 0.25) is 0 Å². The van der Waals surface area contributed by atoms with E-state index in [1.807, 2.05) is 30.3 Å². The SMILES string of the molecule is O=C(C=Cc1ccccc1)N[C@@H](CO)C(=O)NN1CCOCC1. The number of morpholine rings is 1. The Morgan fingerprint density at radius 3 is 2.61 bits per heavy atom. The van der Waals surface area contributed by atoms with E-state index in [0.717, 1.165) is 5.56 Å². The number of aliphatic hydroxyl groups excluding tert-OH is 1. The van der Waals surface area contributed by atoms with Gasteiger partial charge in [-0.2, -0.15) is 0 Å². The fraction of sp³-hybridized carbons (Fsp3) is 0.375. The molecular weight excluding hydrogens is 298 g/mol. The summed E-state index contributed by atoms with van der Waals surface area (Å²) in [6.07, 6.45) is 2.98. The Balaban J connectivity index is 1.84. The molecule has 2 rings (SSSR count). The standard InChI is InChI=1S/C16H21N3O4/c20-12-14(16(22)18-19-8-10-23-11-9-19)17-15(21)7-6-13-4-2-1-3-5-13/h1-7,14,20H,8-12H2,(H,17,21)(H,18,22)/t14-/m0/s1. The number of hydrogen-bond donors (Lipinski definition) is 3. The first kappa shape index (κ1) is 17.1. The highest BCUT2D eigenvalue weighted by Crippen LogP contribution is 2.00. The summed E-state index contributed by atoms with van der Waals surface area (Å²) in [7, 11) is 0. The molecule has 1 saturated heterocycles. The van der Waals surface area contributed by atoms with E-state index in [-0.39, 0.29) is 0 Å². The van der Waals surface area contributed by atoms with Gasteiger partial charge in [-0.15, -0.1) is 0 Å². The van der Waals surface area contributed by atoms with Gasteiger partial charge in [0, 0.05) is 19.2 Å². The second kappa shape index (κ2) is 9.04. The van der Waals surface area contributed by atoms with Crippen LogP contribution in [-0.4, -0.2) is 60.9 Å². The molecule has 124 valence electrons. The van der Waals surface area contributed by atoms with Crippen molar-refractivity contribution in [2.45, 2.75) is 6.04 Å². The van der Waals surface area contributed by atoms with Crippen molar-refractivity contribution < 1.29 is 19.4 Å². The van der Waals surface area contributed by atoms with Crippen LogP contribution in [0.1, 0.15) is 5.56 Å². The quantitative estimate of drug-likeness (QED) is 0.617. The number of nitrogens with one attached hydrogen (secondary N) is 2. The molecule has 7 heteroatoms. The van der Waals surface area contributed by atoms with Crippen LogP contribution in [0.25, 0.3) is 6.08 Å². The summed E-state index contributed by atoms with van der Waals surface area (Å²) in [5, 5.41) is 13.5. The van der Waals surface area contributed by atoms with Crippen molar-refractivity contribution in [3.63, 3.8) is 0 Å². The van der Waals surface area contributed by atoms with E-state index in [1.54, 1.807) is 11.1 Å². The van der Waals surface area contributed by atoms with Gasteiger partial charge in [0.1, 0.15) is 6.04 Å². The Hall–Kier alpha value is -2.22. The monoisotopic (exact) mass is 319 g/mol. The summed E-state index contributed by atoms with van der Waals surface area (Å²) >= 11 is 0. The Morgan fingerprint density at radius 2 is 1.96 bits per heavy atom. The van der Waals surface area contributed by atoms with Gasteiger partial charge >= 0.3 is 0 Å². The molecule has 0 saturated carbocycles. The second-order valence-corrected chi connectivity index (χ2v) is 5.06. The summed E-state index contributed by atoms with van der Waals surface area (Å²) in [4.78, 5) is 23.9. The molecule has 2 amide bonds. The minimum atomic E-state index is -0.995. The van der Waals surface area contributed by atoms with E-state index in [0.29, 0.717) is 26.3 Å². The molecule has 7 nitrogen and oxygen atoms in total. The molecule has 0 aliphatic carbocycles. The highest BCUT2D eigenvalue weighted by Gasteiger charge is 2.22. The molecule has 3 N–H and O–H groups in total. The molecule has 1 aromatic rings. The number of hydrogen-bond acceptors (Lipinski definition) is 5. The molecule has 0 radical (unpaired) electrons. The van der Waals surface area contributed by atoms with Gasteiger partial charge in [0.25, 0.3) is 5.91 Å². The zero-order valence-corrected chi connectivity index (χ0v) is 12.8. The van der Waals surface area contributed by atoms with Crippen molar-refractivity contribution in [3.05, 3.63) is 42.0 Å². The van der Waals surface area contributed by atoms with Gasteiger partial charge in [-0.1, -0.05) is 30.3 Å². The maximum Gasteiger partial charge on any atom is 0.259 e. The molecule has 1 fully saturated rings. The van der Waals surface area contributed by atoms with E-state index in [2.05, 4.69) is 10.7 Å². The van der Waals surface area contributed by atoms with Crippen LogP contribution < -0.4 is 10.7 Å². The van der Waals surface area contributed by atoms with Crippen molar-refractivity contribution in [1.82, 2.24) is 15.8 Å². The molecule has 1 aliphatic heterocycles. The third kappa shape index (κ3) is 5.82. The average Bonchev–Trinajstić information content (AvgIpc) is 2.59. The molecule has 0 unspecified atom stereocenters. The number of nitrogens with zero attached hydrogens (tertiary/aromatic N) is 1. The minimum absolute atomic E-state index is 0.440. The van der Waals surface area contributed by atoms with E-state index < -0.39 is 24.5 Å². The normalized spacial score (nSPS) is 16.9. The van der Waals surface area contributed by atoms with Crippen LogP contribution >= 0.6 is 0 Å². The lowest BCUT2D eigenvalue weighted by molar-refractivity contribution is -0.133. The van der Waals surface area contributed by atoms with Crippen molar-refractivity contribution in [2.75, 3.05) is 32.9 Å².